The maximum atomic E-state index is 14.0. The third kappa shape index (κ3) is 26.9. The molecule has 37 nitrogen and oxygen atoms in total. The molecule has 0 saturated carbocycles. The summed E-state index contributed by atoms with van der Waals surface area (Å²) in [4.78, 5) is 52.9. The molecule has 5 saturated heterocycles. The molecular weight excluding hydrogens is 1420 g/mol. The van der Waals surface area contributed by atoms with Gasteiger partial charge in [0.15, 0.2) is 30.8 Å². The maximum absolute atomic E-state index is 14.0. The third-order valence-electron chi connectivity index (χ3n) is 20.1. The predicted molar refractivity (Wildman–Crippen MR) is 370 cm³/mol. The molecule has 0 aromatic carbocycles. The van der Waals surface area contributed by atoms with Gasteiger partial charge < -0.3 is 156 Å². The van der Waals surface area contributed by atoms with Crippen LogP contribution < -0.4 is 27.2 Å². The summed E-state index contributed by atoms with van der Waals surface area (Å²) in [5, 5.41) is 207. The van der Waals surface area contributed by atoms with Gasteiger partial charge in [-0.15, -0.1) is 18.4 Å². The first kappa shape index (κ1) is 93.3. The van der Waals surface area contributed by atoms with Gasteiger partial charge in [0.1, 0.15) is 116 Å². The van der Waals surface area contributed by atoms with E-state index in [1.54, 1.807) is 6.08 Å². The fourth-order valence-corrected chi connectivity index (χ4v) is 13.9. The molecule has 6 aliphatic rings. The minimum Gasteiger partial charge on any atom is -0.847 e. The van der Waals surface area contributed by atoms with Gasteiger partial charge in [0, 0.05) is 39.2 Å². The van der Waals surface area contributed by atoms with Crippen molar-refractivity contribution in [3.05, 3.63) is 12.2 Å². The van der Waals surface area contributed by atoms with E-state index in [-0.39, 0.29) is 18.2 Å². The Morgan fingerprint density at radius 1 is 0.598 bits per heavy atom. The van der Waals surface area contributed by atoms with Crippen LogP contribution in [0.3, 0.4) is 0 Å². The minimum absolute atomic E-state index is 0. The number of carboxylic acid groups (broad SMARTS) is 1. The molecule has 6 aliphatic heterocycles. The number of amides is 3. The SMILES string of the molecule is C#CCCCC1(CCCCCCCCC(=O)N[C@@H](CO[C@@H]2O[C@H](CO)[C@H](O[C@@H]3O[C@H](CO)[C@H](O[C@@H]4O[C@H](CO)[C@H](O)[C@H](O[C@@H]5O[C@H](CO)[C@H](O)[C@H](O)[C@H]5O)[C@H]4NC(C)=O)[C@H](O[C@]4(C(=O)O)C[C@H](O)[C@@H](NC(C)=O)[C@H]([C@H](O)[C@H](O)CO)O4)[C@H]3O)[C@H](O)[C@H]2O)[C@H]([O-])/C=C/CCCCCCCCCCCCC)N=N1.[NH4+]. The summed E-state index contributed by atoms with van der Waals surface area (Å²) in [6, 6.07) is -4.96. The normalized spacial score (nSPS) is 35.3. The number of allylic oxidation sites excluding steroid dienone is 1. The molecule has 28 atom stereocenters. The van der Waals surface area contributed by atoms with Crippen molar-refractivity contribution in [2.75, 3.05) is 39.6 Å². The first-order valence-corrected chi connectivity index (χ1v) is 37.4. The summed E-state index contributed by atoms with van der Waals surface area (Å²) in [6.45, 7) is -2.08. The fourth-order valence-electron chi connectivity index (χ4n) is 13.9. The summed E-state index contributed by atoms with van der Waals surface area (Å²) in [7, 11) is 0. The highest BCUT2D eigenvalue weighted by Gasteiger charge is 2.62. The molecule has 0 bridgehead atoms. The predicted octanol–water partition coefficient (Wildman–Crippen LogP) is -3.47. The Balaban J connectivity index is 0.0000205. The molecule has 618 valence electrons. The molecule has 3 amide bonds. The van der Waals surface area contributed by atoms with Crippen LogP contribution in [0, 0.1) is 12.3 Å². The number of nitrogens with zero attached hydrogens (tertiary/aromatic N) is 2. The molecule has 6 rings (SSSR count). The summed E-state index contributed by atoms with van der Waals surface area (Å²) >= 11 is 0. The van der Waals surface area contributed by atoms with Gasteiger partial charge in [0.05, 0.1) is 51.8 Å². The molecule has 0 spiro atoms. The Morgan fingerprint density at radius 2 is 1.10 bits per heavy atom. The van der Waals surface area contributed by atoms with Crippen molar-refractivity contribution in [3.63, 3.8) is 0 Å². The largest absolute Gasteiger partial charge is 0.847 e. The van der Waals surface area contributed by atoms with Crippen LogP contribution in [0.2, 0.25) is 0 Å². The number of hydrogen-bond acceptors (Lipinski definition) is 32. The standard InChI is InChI=1S/C70H118N5O31.H3N/c1-5-7-9-10-11-12-13-14-15-16-17-20-23-27-41(83)40(73-48(86)28-24-21-18-19-22-26-30-69(74-75-69)29-25-8-6-2)37-97-65-57(93)55(91)59(46(35-79)100-65)102-67-58(94)63(106-70(68(95)96)31-42(84)49(71-38(3)81)62(105-70)51(87)43(85)32-76)60(47(36-80)101-67)103-64-50(72-39(4)82)61(53(89)45(34-78)98-64)104-66-56(92)54(90)52(88)44(33-77)99-66;/h2,23,27,40-47,49-67,76-80,84-85,87-94H,5,7-22,24-26,28-37H2,1,3-4H3,(H,71,81)(H,72,82)(H,73,86)(H,95,96);1H3/q-1;/p+1/b27-23+;/t40-,41+,42-,43+,44+,45+,46+,47+,49+,50+,51+,52-,53-,54-,55+,56+,57+,58+,59-,60-,61+,62+,63+,64-,65+,66-,67-,70-;/m0./s1. The smallest absolute Gasteiger partial charge is 0.364 e. The van der Waals surface area contributed by atoms with Crippen molar-refractivity contribution in [3.8, 4) is 12.3 Å². The van der Waals surface area contributed by atoms with Crippen LogP contribution in [0.15, 0.2) is 22.4 Å². The van der Waals surface area contributed by atoms with Crippen molar-refractivity contribution in [1.29, 1.82) is 0 Å². The van der Waals surface area contributed by atoms with E-state index >= 15 is 0 Å². The van der Waals surface area contributed by atoms with Gasteiger partial charge >= 0.3 is 5.97 Å². The lowest BCUT2D eigenvalue weighted by atomic mass is 9.88. The highest BCUT2D eigenvalue weighted by atomic mass is 16.8. The number of ether oxygens (including phenoxy) is 10. The Bertz CT molecular complexity index is 2700. The number of unbranched alkanes of at least 4 members (excludes halogenated alkanes) is 17. The van der Waals surface area contributed by atoms with E-state index < -0.39 is 241 Å². The number of terminal acetylenes is 1. The lowest BCUT2D eigenvalue weighted by molar-refractivity contribution is -0.413. The van der Waals surface area contributed by atoms with Gasteiger partial charge in [0.25, 0.3) is 5.79 Å². The summed E-state index contributed by atoms with van der Waals surface area (Å²) in [5.74, 6) is -5.18. The second-order valence-electron chi connectivity index (χ2n) is 28.4. The van der Waals surface area contributed by atoms with Gasteiger partial charge in [0.2, 0.25) is 17.7 Å². The Morgan fingerprint density at radius 3 is 1.68 bits per heavy atom. The molecule has 6 heterocycles. The van der Waals surface area contributed by atoms with Gasteiger partial charge in [-0.05, 0) is 44.9 Å². The number of carbonyl (C=O) groups is 4. The Hall–Kier alpha value is -4.30. The van der Waals surface area contributed by atoms with Crippen molar-refractivity contribution in [2.45, 2.75) is 352 Å². The number of hydrogen-bond donors (Lipinski definition) is 20. The average Bonchev–Trinajstić information content (AvgIpc) is 1.49. The van der Waals surface area contributed by atoms with Gasteiger partial charge in [-0.2, -0.15) is 10.2 Å². The number of quaternary nitrogens is 1. The van der Waals surface area contributed by atoms with E-state index in [0.717, 1.165) is 97.3 Å². The van der Waals surface area contributed by atoms with Crippen LogP contribution >= 0.6 is 0 Å². The number of aliphatic hydroxyl groups excluding tert-OH is 15. The molecule has 107 heavy (non-hydrogen) atoms. The number of carbonyl (C=O) groups excluding carboxylic acids is 3. The van der Waals surface area contributed by atoms with Crippen LogP contribution in [0.1, 0.15) is 175 Å². The average molecular weight is 1540 g/mol. The van der Waals surface area contributed by atoms with E-state index in [4.69, 9.17) is 53.8 Å². The highest BCUT2D eigenvalue weighted by Crippen LogP contribution is 2.42. The number of nitrogens with one attached hydrogen (secondary N) is 3. The first-order valence-electron chi connectivity index (χ1n) is 37.4. The lowest BCUT2D eigenvalue weighted by Gasteiger charge is -2.52. The molecule has 0 aliphatic carbocycles. The van der Waals surface area contributed by atoms with E-state index in [1.807, 2.05) is 0 Å². The highest BCUT2D eigenvalue weighted by molar-refractivity contribution is 5.77. The zero-order valence-electron chi connectivity index (χ0n) is 61.7. The van der Waals surface area contributed by atoms with Crippen molar-refractivity contribution in [2.24, 2.45) is 10.2 Å². The van der Waals surface area contributed by atoms with Crippen molar-refractivity contribution < 1.29 is 153 Å². The molecule has 5 fully saturated rings. The zero-order chi connectivity index (χ0) is 77.8. The second-order valence-corrected chi connectivity index (χ2v) is 28.4. The second kappa shape index (κ2) is 46.6. The number of aliphatic carboxylic acids is 1. The molecule has 0 unspecified atom stereocenters. The molecule has 0 radical (unpaired) electrons. The monoisotopic (exact) mass is 1540 g/mol. The molecule has 37 heteroatoms. The van der Waals surface area contributed by atoms with Crippen LogP contribution in [-0.4, -0.2) is 322 Å². The Labute approximate surface area is 623 Å². The van der Waals surface area contributed by atoms with Gasteiger partial charge in [-0.1, -0.05) is 109 Å². The molecular formula is C70H122N6O31. The molecule has 23 N–H and O–H groups in total. The number of rotatable bonds is 48. The Kier molecular flexibility index (Phi) is 40.7. The first-order chi connectivity index (χ1) is 50.7. The lowest BCUT2D eigenvalue weighted by Crippen LogP contribution is -2.72. The molecule has 0 aromatic rings. The summed E-state index contributed by atoms with van der Waals surface area (Å²) in [6.07, 6.45) is -21.5. The van der Waals surface area contributed by atoms with Gasteiger partial charge in [-0.3, -0.25) is 14.4 Å². The van der Waals surface area contributed by atoms with Crippen molar-refractivity contribution in [1.82, 2.24) is 22.1 Å². The maximum Gasteiger partial charge on any atom is 0.364 e. The summed E-state index contributed by atoms with van der Waals surface area (Å²) in [5.41, 5.74) is -0.311. The minimum atomic E-state index is -3.39. The van der Waals surface area contributed by atoms with Crippen molar-refractivity contribution >= 4 is 23.7 Å². The van der Waals surface area contributed by atoms with Crippen LogP contribution in [-0.2, 0) is 66.5 Å². The topological polar surface area (TPSA) is 605 Å². The van der Waals surface area contributed by atoms with E-state index in [0.29, 0.717) is 19.3 Å². The van der Waals surface area contributed by atoms with E-state index in [1.165, 1.54) is 44.6 Å². The van der Waals surface area contributed by atoms with Crippen LogP contribution in [0.4, 0.5) is 0 Å². The van der Waals surface area contributed by atoms with E-state index in [2.05, 4.69) is 39.0 Å². The number of aliphatic hydroxyl groups is 15. The van der Waals surface area contributed by atoms with E-state index in [9.17, 15) is 106 Å². The zero-order valence-corrected chi connectivity index (χ0v) is 61.7. The van der Waals surface area contributed by atoms with Crippen LogP contribution in [0.5, 0.6) is 0 Å². The fraction of sp³-hybridized carbons (Fsp3) is 0.886. The number of carboxylic acids is 1. The quantitative estimate of drug-likeness (QED) is 0.0160. The van der Waals surface area contributed by atoms with Gasteiger partial charge in [-0.25, -0.2) is 4.79 Å². The molecule has 0 aromatic heterocycles. The summed E-state index contributed by atoms with van der Waals surface area (Å²) < 4.78 is 59.9. The third-order valence-corrected chi connectivity index (χ3v) is 20.1. The van der Waals surface area contributed by atoms with Crippen LogP contribution in [0.25, 0.3) is 0 Å².